The van der Waals surface area contributed by atoms with E-state index in [2.05, 4.69) is 16.0 Å². The molecular formula is C14H14N2O2. The van der Waals surface area contributed by atoms with Crippen LogP contribution in [0.4, 0.5) is 0 Å². The number of H-pyrrole nitrogens is 1. The molecule has 18 heavy (non-hydrogen) atoms. The monoisotopic (exact) mass is 242 g/mol. The molecule has 1 aliphatic rings. The number of aromatic amines is 1. The fourth-order valence-electron chi connectivity index (χ4n) is 2.27. The molecule has 0 fully saturated rings. The number of allylic oxidation sites excluding steroid dienone is 2. The molecule has 2 N–H and O–H groups in total. The van der Waals surface area contributed by atoms with E-state index in [0.29, 0.717) is 6.42 Å². The number of ether oxygens (including phenoxy) is 1. The van der Waals surface area contributed by atoms with Crippen LogP contribution in [0.3, 0.4) is 0 Å². The number of nitrogens with zero attached hydrogens (tertiary/aromatic N) is 1. The molecule has 2 heterocycles. The summed E-state index contributed by atoms with van der Waals surface area (Å²) in [7, 11) is 1.60. The van der Waals surface area contributed by atoms with Gasteiger partial charge in [0.2, 0.25) is 0 Å². The second-order valence-corrected chi connectivity index (χ2v) is 4.29. The zero-order chi connectivity index (χ0) is 12.5. The van der Waals surface area contributed by atoms with E-state index in [0.717, 1.165) is 22.2 Å². The van der Waals surface area contributed by atoms with Crippen molar-refractivity contribution in [2.24, 2.45) is 0 Å². The first-order valence-electron chi connectivity index (χ1n) is 5.85. The Hall–Kier alpha value is -2.07. The highest BCUT2D eigenvalue weighted by molar-refractivity contribution is 5.93. The van der Waals surface area contributed by atoms with E-state index >= 15 is 0 Å². The molecule has 92 valence electrons. The van der Waals surface area contributed by atoms with E-state index in [9.17, 15) is 5.11 Å². The lowest BCUT2D eigenvalue weighted by Crippen LogP contribution is -2.15. The average molecular weight is 242 g/mol. The lowest BCUT2D eigenvalue weighted by molar-refractivity contribution is 0.0947. The lowest BCUT2D eigenvalue weighted by Gasteiger charge is -2.18. The number of aliphatic hydroxyl groups excluding tert-OH is 1. The van der Waals surface area contributed by atoms with Gasteiger partial charge in [-0.15, -0.1) is 0 Å². The summed E-state index contributed by atoms with van der Waals surface area (Å²) in [5, 5.41) is 10.9. The zero-order valence-electron chi connectivity index (χ0n) is 10.1. The molecule has 0 aliphatic heterocycles. The SMILES string of the molecule is COC1CC=C(c2c[nH]c3ncccc23)C=C1O. The first-order valence-corrected chi connectivity index (χ1v) is 5.85. The van der Waals surface area contributed by atoms with E-state index in [1.807, 2.05) is 18.3 Å². The molecule has 3 rings (SSSR count). The third-order valence-corrected chi connectivity index (χ3v) is 3.23. The summed E-state index contributed by atoms with van der Waals surface area (Å²) in [4.78, 5) is 7.39. The smallest absolute Gasteiger partial charge is 0.137 e. The second kappa shape index (κ2) is 4.31. The van der Waals surface area contributed by atoms with Crippen LogP contribution in [-0.2, 0) is 4.74 Å². The van der Waals surface area contributed by atoms with Crippen LogP contribution >= 0.6 is 0 Å². The van der Waals surface area contributed by atoms with Crippen LogP contribution in [0.25, 0.3) is 16.6 Å². The maximum absolute atomic E-state index is 9.88. The predicted octanol–water partition coefficient (Wildman–Crippen LogP) is 2.81. The maximum Gasteiger partial charge on any atom is 0.137 e. The third-order valence-electron chi connectivity index (χ3n) is 3.23. The number of pyridine rings is 1. The van der Waals surface area contributed by atoms with Crippen LogP contribution < -0.4 is 0 Å². The predicted molar refractivity (Wildman–Crippen MR) is 70.2 cm³/mol. The van der Waals surface area contributed by atoms with E-state index in [1.54, 1.807) is 19.4 Å². The van der Waals surface area contributed by atoms with Crippen molar-refractivity contribution < 1.29 is 9.84 Å². The van der Waals surface area contributed by atoms with E-state index < -0.39 is 0 Å². The van der Waals surface area contributed by atoms with Gasteiger partial charge >= 0.3 is 0 Å². The van der Waals surface area contributed by atoms with Crippen LogP contribution in [0.15, 0.2) is 42.4 Å². The Morgan fingerprint density at radius 3 is 3.17 bits per heavy atom. The molecule has 0 bridgehead atoms. The number of nitrogens with one attached hydrogen (secondary N) is 1. The van der Waals surface area contributed by atoms with Crippen LogP contribution in [-0.4, -0.2) is 28.3 Å². The van der Waals surface area contributed by atoms with Gasteiger partial charge in [-0.3, -0.25) is 0 Å². The summed E-state index contributed by atoms with van der Waals surface area (Å²) >= 11 is 0. The van der Waals surface area contributed by atoms with E-state index in [-0.39, 0.29) is 11.9 Å². The van der Waals surface area contributed by atoms with E-state index in [1.165, 1.54) is 0 Å². The van der Waals surface area contributed by atoms with Gasteiger partial charge in [-0.2, -0.15) is 0 Å². The van der Waals surface area contributed by atoms with Gasteiger partial charge in [0, 0.05) is 30.5 Å². The molecule has 0 radical (unpaired) electrons. The first-order chi connectivity index (χ1) is 8.79. The van der Waals surface area contributed by atoms with Crippen molar-refractivity contribution in [1.29, 1.82) is 0 Å². The quantitative estimate of drug-likeness (QED) is 0.851. The van der Waals surface area contributed by atoms with Gasteiger partial charge in [-0.25, -0.2) is 4.98 Å². The van der Waals surface area contributed by atoms with Gasteiger partial charge in [0.1, 0.15) is 17.5 Å². The number of hydrogen-bond donors (Lipinski definition) is 2. The van der Waals surface area contributed by atoms with Gasteiger partial charge < -0.3 is 14.8 Å². The Morgan fingerprint density at radius 2 is 2.39 bits per heavy atom. The van der Waals surface area contributed by atoms with Crippen molar-refractivity contribution in [3.05, 3.63) is 48.0 Å². The van der Waals surface area contributed by atoms with Crippen molar-refractivity contribution in [2.75, 3.05) is 7.11 Å². The first kappa shape index (κ1) is 11.0. The van der Waals surface area contributed by atoms with Gasteiger partial charge in [-0.1, -0.05) is 6.08 Å². The largest absolute Gasteiger partial charge is 0.510 e. The summed E-state index contributed by atoms with van der Waals surface area (Å²) < 4.78 is 5.17. The molecule has 4 heteroatoms. The molecule has 2 aromatic rings. The fourth-order valence-corrected chi connectivity index (χ4v) is 2.27. The highest BCUT2D eigenvalue weighted by Crippen LogP contribution is 2.29. The minimum atomic E-state index is -0.225. The standard InChI is InChI=1S/C14H14N2O2/c1-18-13-5-4-9(7-12(13)17)11-8-16-14-10(11)3-2-6-15-14/h2-4,6-8,13,17H,5H2,1H3,(H,15,16). The zero-order valence-corrected chi connectivity index (χ0v) is 10.1. The second-order valence-electron chi connectivity index (χ2n) is 4.29. The minimum absolute atomic E-state index is 0.225. The highest BCUT2D eigenvalue weighted by atomic mass is 16.5. The van der Waals surface area contributed by atoms with Crippen molar-refractivity contribution in [3.63, 3.8) is 0 Å². The summed E-state index contributed by atoms with van der Waals surface area (Å²) in [5.41, 5.74) is 2.91. The van der Waals surface area contributed by atoms with Crippen molar-refractivity contribution in [1.82, 2.24) is 9.97 Å². The molecule has 0 saturated carbocycles. The third kappa shape index (κ3) is 1.71. The number of methoxy groups -OCH3 is 1. The molecule has 2 aromatic heterocycles. The minimum Gasteiger partial charge on any atom is -0.510 e. The molecule has 0 saturated heterocycles. The summed E-state index contributed by atoms with van der Waals surface area (Å²) in [6.45, 7) is 0. The van der Waals surface area contributed by atoms with E-state index in [4.69, 9.17) is 4.74 Å². The maximum atomic E-state index is 9.88. The van der Waals surface area contributed by atoms with Crippen molar-refractivity contribution in [3.8, 4) is 0 Å². The molecule has 0 amide bonds. The summed E-state index contributed by atoms with van der Waals surface area (Å²) in [6, 6.07) is 3.92. The molecule has 1 unspecified atom stereocenters. The topological polar surface area (TPSA) is 58.1 Å². The van der Waals surface area contributed by atoms with Crippen LogP contribution in [0, 0.1) is 0 Å². The Kier molecular flexibility index (Phi) is 2.64. The summed E-state index contributed by atoms with van der Waals surface area (Å²) in [5.74, 6) is 0.272. The van der Waals surface area contributed by atoms with Crippen molar-refractivity contribution in [2.45, 2.75) is 12.5 Å². The molecule has 4 nitrogen and oxygen atoms in total. The summed E-state index contributed by atoms with van der Waals surface area (Å²) in [6.07, 6.45) is 7.96. The van der Waals surface area contributed by atoms with Crippen LogP contribution in [0.1, 0.15) is 12.0 Å². The molecule has 0 spiro atoms. The highest BCUT2D eigenvalue weighted by Gasteiger charge is 2.18. The van der Waals surface area contributed by atoms with Crippen LogP contribution in [0.2, 0.25) is 0 Å². The molecule has 0 aromatic carbocycles. The molecular weight excluding hydrogens is 228 g/mol. The Balaban J connectivity index is 2.04. The van der Waals surface area contributed by atoms with Crippen LogP contribution in [0.5, 0.6) is 0 Å². The number of aliphatic hydroxyl groups is 1. The van der Waals surface area contributed by atoms with Gasteiger partial charge in [0.05, 0.1) is 0 Å². The number of fused-ring (bicyclic) bond motifs is 1. The van der Waals surface area contributed by atoms with Crippen molar-refractivity contribution >= 4 is 16.6 Å². The fraction of sp³-hybridized carbons (Fsp3) is 0.214. The van der Waals surface area contributed by atoms with Gasteiger partial charge in [0.25, 0.3) is 0 Å². The number of rotatable bonds is 2. The number of hydrogen-bond acceptors (Lipinski definition) is 3. The molecule has 1 atom stereocenters. The Morgan fingerprint density at radius 1 is 1.50 bits per heavy atom. The molecule has 1 aliphatic carbocycles. The normalized spacial score (nSPS) is 19.7. The van der Waals surface area contributed by atoms with Gasteiger partial charge in [0.15, 0.2) is 0 Å². The Labute approximate surface area is 105 Å². The average Bonchev–Trinajstić information content (AvgIpc) is 2.82. The van der Waals surface area contributed by atoms with Gasteiger partial charge in [-0.05, 0) is 30.2 Å². The Bertz CT molecular complexity index is 640. The number of aromatic nitrogens is 2. The lowest BCUT2D eigenvalue weighted by atomic mass is 9.97.